The number of carbonyl (C=O) groups is 2. The lowest BCUT2D eigenvalue weighted by Gasteiger charge is -2.23. The van der Waals surface area contributed by atoms with Crippen LogP contribution in [0.4, 0.5) is 5.69 Å². The van der Waals surface area contributed by atoms with Crippen LogP contribution >= 0.6 is 11.6 Å². The average molecular weight is 568 g/mol. The van der Waals surface area contributed by atoms with Gasteiger partial charge in [0.25, 0.3) is 11.8 Å². The highest BCUT2D eigenvalue weighted by atomic mass is 35.5. The third kappa shape index (κ3) is 6.25. The lowest BCUT2D eigenvalue weighted by molar-refractivity contribution is 0.0943. The molecule has 41 heavy (non-hydrogen) atoms. The lowest BCUT2D eigenvalue weighted by Crippen LogP contribution is -2.31. The number of hydrogen-bond acceptors (Lipinski definition) is 2. The van der Waals surface area contributed by atoms with Gasteiger partial charge in [0.05, 0.1) is 13.1 Å². The number of para-hydroxylation sites is 1. The van der Waals surface area contributed by atoms with E-state index in [2.05, 4.69) is 44.3 Å². The van der Waals surface area contributed by atoms with Gasteiger partial charge in [-0.25, -0.2) is 0 Å². The average Bonchev–Trinajstić information content (AvgIpc) is 3.30. The van der Waals surface area contributed by atoms with Crippen molar-refractivity contribution < 1.29 is 9.59 Å². The van der Waals surface area contributed by atoms with Crippen LogP contribution in [-0.4, -0.2) is 28.3 Å². The third-order valence-corrected chi connectivity index (χ3v) is 8.59. The number of unbranched alkanes of at least 4 members (excludes halogenated alkanes) is 1. The van der Waals surface area contributed by atoms with Crippen molar-refractivity contribution in [2.45, 2.75) is 64.9 Å². The van der Waals surface area contributed by atoms with Crippen LogP contribution in [0.25, 0.3) is 11.1 Å². The number of aryl methyl sites for hydroxylation is 2. The van der Waals surface area contributed by atoms with E-state index in [0.717, 1.165) is 53.8 Å². The topological polar surface area (TPSA) is 54.3 Å². The van der Waals surface area contributed by atoms with Gasteiger partial charge >= 0.3 is 0 Å². The minimum absolute atomic E-state index is 0.0535. The number of nitrogens with one attached hydrogen (secondary N) is 1. The monoisotopic (exact) mass is 567 g/mol. The molecule has 1 aliphatic heterocycles. The normalized spacial score (nSPS) is 13.2. The van der Waals surface area contributed by atoms with E-state index in [4.69, 9.17) is 11.6 Å². The van der Waals surface area contributed by atoms with E-state index in [0.29, 0.717) is 30.9 Å². The summed E-state index contributed by atoms with van der Waals surface area (Å²) in [5.41, 5.74) is 8.65. The van der Waals surface area contributed by atoms with E-state index in [1.165, 1.54) is 11.1 Å². The fourth-order valence-corrected chi connectivity index (χ4v) is 5.81. The maximum absolute atomic E-state index is 14.0. The molecule has 0 saturated heterocycles. The molecule has 0 aliphatic carbocycles. The van der Waals surface area contributed by atoms with Crippen LogP contribution in [0.2, 0.25) is 0 Å². The van der Waals surface area contributed by atoms with Crippen LogP contribution in [0.15, 0.2) is 78.9 Å². The predicted molar refractivity (Wildman–Crippen MR) is 168 cm³/mol. The van der Waals surface area contributed by atoms with Crippen LogP contribution < -0.4 is 10.2 Å². The number of rotatable bonds is 9. The minimum atomic E-state index is -0.0890. The Balaban J connectivity index is 1.37. The quantitative estimate of drug-likeness (QED) is 0.165. The Morgan fingerprint density at radius 2 is 1.63 bits per heavy atom. The molecular weight excluding hydrogens is 530 g/mol. The van der Waals surface area contributed by atoms with Crippen LogP contribution in [-0.2, 0) is 13.1 Å². The summed E-state index contributed by atoms with van der Waals surface area (Å²) in [6.45, 7) is 7.79. The number of fused-ring (bicyclic) bond motifs is 2. The summed E-state index contributed by atoms with van der Waals surface area (Å²) < 4.78 is 2.04. The van der Waals surface area contributed by atoms with Crippen molar-refractivity contribution in [1.29, 1.82) is 0 Å². The number of alkyl halides is 1. The summed E-state index contributed by atoms with van der Waals surface area (Å²) in [4.78, 5) is 29.0. The second-order valence-electron chi connectivity index (χ2n) is 10.9. The summed E-state index contributed by atoms with van der Waals surface area (Å²) in [5.74, 6) is -0.143. The van der Waals surface area contributed by atoms with Gasteiger partial charge < -0.3 is 14.8 Å². The van der Waals surface area contributed by atoms with Gasteiger partial charge in [0.15, 0.2) is 0 Å². The zero-order valence-electron chi connectivity index (χ0n) is 24.1. The van der Waals surface area contributed by atoms with Crippen molar-refractivity contribution in [2.24, 2.45) is 0 Å². The van der Waals surface area contributed by atoms with E-state index >= 15 is 0 Å². The number of halogens is 1. The van der Waals surface area contributed by atoms with Crippen molar-refractivity contribution in [3.63, 3.8) is 0 Å². The Hall–Kier alpha value is -3.83. The molecule has 0 saturated carbocycles. The van der Waals surface area contributed by atoms with Gasteiger partial charge in [-0.3, -0.25) is 9.59 Å². The summed E-state index contributed by atoms with van der Waals surface area (Å²) in [6.07, 6.45) is 3.81. The number of aromatic nitrogens is 1. The van der Waals surface area contributed by atoms with Crippen LogP contribution in [0, 0.1) is 13.8 Å². The third-order valence-electron chi connectivity index (χ3n) is 8.06. The molecule has 1 N–H and O–H groups in total. The Labute approximate surface area is 248 Å². The van der Waals surface area contributed by atoms with Crippen molar-refractivity contribution >= 4 is 29.1 Å². The smallest absolute Gasteiger partial charge is 0.267 e. The van der Waals surface area contributed by atoms with E-state index in [9.17, 15) is 9.59 Å². The maximum atomic E-state index is 14.0. The lowest BCUT2D eigenvalue weighted by atomic mass is 9.95. The molecule has 5 nitrogen and oxygen atoms in total. The highest BCUT2D eigenvalue weighted by molar-refractivity contribution is 6.20. The Bertz CT molecular complexity index is 1560. The number of anilines is 1. The van der Waals surface area contributed by atoms with Gasteiger partial charge in [-0.1, -0.05) is 61.9 Å². The molecule has 5 rings (SSSR count). The van der Waals surface area contributed by atoms with Crippen molar-refractivity contribution in [1.82, 2.24) is 9.88 Å². The van der Waals surface area contributed by atoms with Crippen LogP contribution in [0.5, 0.6) is 0 Å². The predicted octanol–water partition coefficient (Wildman–Crippen LogP) is 7.90. The van der Waals surface area contributed by atoms with Crippen molar-refractivity contribution in [3.8, 4) is 11.1 Å². The van der Waals surface area contributed by atoms with E-state index < -0.39 is 0 Å². The van der Waals surface area contributed by atoms with Crippen LogP contribution in [0.3, 0.4) is 0 Å². The molecule has 2 heterocycles. The van der Waals surface area contributed by atoms with Crippen molar-refractivity contribution in [2.75, 3.05) is 11.4 Å². The number of hydrogen-bond donors (Lipinski definition) is 1. The van der Waals surface area contributed by atoms with Gasteiger partial charge in [0, 0.05) is 28.9 Å². The molecule has 4 aromatic rings. The first kappa shape index (κ1) is 28.7. The van der Waals surface area contributed by atoms with Gasteiger partial charge in [0.2, 0.25) is 0 Å². The number of carbonyl (C=O) groups excluding carboxylic acids is 2. The Morgan fingerprint density at radius 1 is 0.878 bits per heavy atom. The zero-order chi connectivity index (χ0) is 28.9. The number of amides is 2. The fourth-order valence-electron chi connectivity index (χ4n) is 5.66. The zero-order valence-corrected chi connectivity index (χ0v) is 24.9. The van der Waals surface area contributed by atoms with Gasteiger partial charge in [-0.2, -0.15) is 0 Å². The molecule has 3 aromatic carbocycles. The summed E-state index contributed by atoms with van der Waals surface area (Å²) in [7, 11) is 0. The van der Waals surface area contributed by atoms with Gasteiger partial charge in [-0.15, -0.1) is 11.6 Å². The highest BCUT2D eigenvalue weighted by Gasteiger charge is 2.27. The highest BCUT2D eigenvalue weighted by Crippen LogP contribution is 2.32. The van der Waals surface area contributed by atoms with E-state index in [1.807, 2.05) is 70.1 Å². The van der Waals surface area contributed by atoms with Gasteiger partial charge in [0.1, 0.15) is 5.69 Å². The second-order valence-corrected chi connectivity index (χ2v) is 11.5. The number of nitrogens with zero attached hydrogens (tertiary/aromatic N) is 2. The summed E-state index contributed by atoms with van der Waals surface area (Å²) >= 11 is 6.22. The van der Waals surface area contributed by atoms with Crippen LogP contribution in [0.1, 0.15) is 75.8 Å². The maximum Gasteiger partial charge on any atom is 0.267 e. The molecule has 6 heteroatoms. The first-order valence-electron chi connectivity index (χ1n) is 14.5. The largest absolute Gasteiger partial charge is 0.351 e. The molecule has 212 valence electrons. The molecule has 0 radical (unpaired) electrons. The van der Waals surface area contributed by atoms with E-state index in [-0.39, 0.29) is 17.2 Å². The molecule has 0 spiro atoms. The molecule has 1 atom stereocenters. The Kier molecular flexibility index (Phi) is 8.94. The van der Waals surface area contributed by atoms with E-state index in [1.54, 1.807) is 0 Å². The first-order chi connectivity index (χ1) is 19.9. The molecule has 2 amide bonds. The van der Waals surface area contributed by atoms with Gasteiger partial charge in [-0.05, 0) is 91.3 Å². The minimum Gasteiger partial charge on any atom is -0.351 e. The number of benzene rings is 3. The standard InChI is InChI=1S/C35H38ClN3O2/c1-4-28(36)13-9-10-20-37-34(40)33-19-17-29-23-39(32-15-8-6-12-27(32)22-38(29)33)35(41)26-16-18-31(25(3)21-26)30-14-7-5-11-24(30)2/h5-8,11-12,14-19,21,28H,4,9-10,13,20,22-23H2,1-3H3,(H,37,40). The Morgan fingerprint density at radius 3 is 2.41 bits per heavy atom. The van der Waals surface area contributed by atoms with Crippen molar-refractivity contribution in [3.05, 3.63) is 113 Å². The molecule has 1 aromatic heterocycles. The molecule has 0 bridgehead atoms. The SMILES string of the molecule is CCC(Cl)CCCCNC(=O)c1ccc2n1Cc1ccccc1N(C(=O)c1ccc(-c3ccccc3C)c(C)c1)C2. The second kappa shape index (κ2) is 12.8. The fraction of sp³-hybridized carbons (Fsp3) is 0.314. The molecule has 1 unspecified atom stereocenters. The molecular formula is C35H38ClN3O2. The molecule has 1 aliphatic rings. The molecule has 0 fully saturated rings. The first-order valence-corrected chi connectivity index (χ1v) is 15.0. The summed E-state index contributed by atoms with van der Waals surface area (Å²) in [6, 6.07) is 26.1. The summed E-state index contributed by atoms with van der Waals surface area (Å²) in [5, 5.41) is 3.28.